The summed E-state index contributed by atoms with van der Waals surface area (Å²) in [6, 6.07) is 3.80. The highest BCUT2D eigenvalue weighted by atomic mass is 14.7. The van der Waals surface area contributed by atoms with Gasteiger partial charge in [-0.05, 0) is 24.6 Å². The van der Waals surface area contributed by atoms with Crippen LogP contribution in [-0.4, -0.2) is 4.98 Å². The lowest BCUT2D eigenvalue weighted by Crippen LogP contribution is -2.01. The van der Waals surface area contributed by atoms with Gasteiger partial charge in [0.1, 0.15) is 0 Å². The minimum Gasteiger partial charge on any atom is -0.403 e. The van der Waals surface area contributed by atoms with Crippen LogP contribution in [-0.2, 0) is 0 Å². The van der Waals surface area contributed by atoms with Crippen molar-refractivity contribution in [3.05, 3.63) is 35.8 Å². The number of pyridine rings is 1. The molecule has 3 nitrogen and oxygen atoms in total. The van der Waals surface area contributed by atoms with Crippen LogP contribution >= 0.6 is 0 Å². The van der Waals surface area contributed by atoms with Gasteiger partial charge in [-0.15, -0.1) is 0 Å². The van der Waals surface area contributed by atoms with Crippen LogP contribution in [0.1, 0.15) is 11.3 Å². The van der Waals surface area contributed by atoms with Crippen molar-refractivity contribution in [3.63, 3.8) is 0 Å². The van der Waals surface area contributed by atoms with Crippen molar-refractivity contribution in [1.82, 2.24) is 4.98 Å². The van der Waals surface area contributed by atoms with Crippen LogP contribution in [0.25, 0.3) is 5.70 Å². The lowest BCUT2D eigenvalue weighted by atomic mass is 10.2. The fraction of sp³-hybridized carbons (Fsp3) is 0.125. The molecule has 0 atom stereocenters. The summed E-state index contributed by atoms with van der Waals surface area (Å²) >= 11 is 0. The molecular weight excluding hydrogens is 138 g/mol. The molecule has 0 aliphatic rings. The molecule has 1 rings (SSSR count). The molecule has 0 bridgehead atoms. The molecule has 11 heavy (non-hydrogen) atoms. The predicted octanol–water partition coefficient (Wildman–Crippen LogP) is 0.606. The topological polar surface area (TPSA) is 64.9 Å². The molecule has 3 heteroatoms. The summed E-state index contributed by atoms with van der Waals surface area (Å²) in [4.78, 5) is 4.04. The van der Waals surface area contributed by atoms with E-state index in [-0.39, 0.29) is 0 Å². The van der Waals surface area contributed by atoms with Crippen molar-refractivity contribution in [2.45, 2.75) is 6.92 Å². The van der Waals surface area contributed by atoms with Crippen molar-refractivity contribution in [2.24, 2.45) is 11.5 Å². The lowest BCUT2D eigenvalue weighted by molar-refractivity contribution is 1.22. The second-order valence-electron chi connectivity index (χ2n) is 2.34. The third kappa shape index (κ3) is 1.70. The maximum atomic E-state index is 5.54. The molecular formula is C8H11N3. The fourth-order valence-corrected chi connectivity index (χ4v) is 0.779. The Labute approximate surface area is 65.7 Å². The SMILES string of the molecule is Cc1ccnc(/C(N)=C/N)c1. The number of hydrogen-bond acceptors (Lipinski definition) is 3. The molecule has 0 amide bonds. The number of aryl methyl sites for hydroxylation is 1. The molecule has 0 radical (unpaired) electrons. The Hall–Kier alpha value is -1.51. The van der Waals surface area contributed by atoms with Crippen LogP contribution in [0.5, 0.6) is 0 Å². The first-order chi connectivity index (χ1) is 5.24. The molecule has 0 aliphatic carbocycles. The summed E-state index contributed by atoms with van der Waals surface area (Å²) in [5.74, 6) is 0. The molecule has 0 unspecified atom stereocenters. The highest BCUT2D eigenvalue weighted by Crippen LogP contribution is 2.05. The largest absolute Gasteiger partial charge is 0.403 e. The third-order valence-electron chi connectivity index (χ3n) is 1.39. The van der Waals surface area contributed by atoms with Crippen molar-refractivity contribution in [1.29, 1.82) is 0 Å². The molecule has 4 N–H and O–H groups in total. The van der Waals surface area contributed by atoms with Gasteiger partial charge in [0.2, 0.25) is 0 Å². The number of rotatable bonds is 1. The molecule has 0 spiro atoms. The molecule has 1 aromatic rings. The first-order valence-corrected chi connectivity index (χ1v) is 3.34. The Balaban J connectivity index is 3.06. The second-order valence-corrected chi connectivity index (χ2v) is 2.34. The van der Waals surface area contributed by atoms with Crippen LogP contribution in [0.15, 0.2) is 24.5 Å². The minimum absolute atomic E-state index is 0.508. The van der Waals surface area contributed by atoms with Gasteiger partial charge in [0, 0.05) is 12.4 Å². The van der Waals surface area contributed by atoms with Crippen LogP contribution < -0.4 is 11.5 Å². The summed E-state index contributed by atoms with van der Waals surface area (Å²) < 4.78 is 0. The van der Waals surface area contributed by atoms with Crippen LogP contribution in [0.3, 0.4) is 0 Å². The molecule has 0 aromatic carbocycles. The number of nitrogens with two attached hydrogens (primary N) is 2. The average molecular weight is 149 g/mol. The van der Waals surface area contributed by atoms with E-state index >= 15 is 0 Å². The molecule has 58 valence electrons. The van der Waals surface area contributed by atoms with Crippen LogP contribution in [0.4, 0.5) is 0 Å². The van der Waals surface area contributed by atoms with Gasteiger partial charge in [-0.25, -0.2) is 0 Å². The van der Waals surface area contributed by atoms with E-state index in [0.29, 0.717) is 5.70 Å². The zero-order valence-electron chi connectivity index (χ0n) is 6.41. The van der Waals surface area contributed by atoms with Crippen LogP contribution in [0.2, 0.25) is 0 Å². The summed E-state index contributed by atoms with van der Waals surface area (Å²) in [5.41, 5.74) is 13.1. The van der Waals surface area contributed by atoms with E-state index in [1.807, 2.05) is 19.1 Å². The normalized spacial score (nSPS) is 11.5. The molecule has 0 saturated heterocycles. The van der Waals surface area contributed by atoms with E-state index in [1.165, 1.54) is 6.20 Å². The Bertz CT molecular complexity index is 278. The number of hydrogen-bond donors (Lipinski definition) is 2. The van der Waals surface area contributed by atoms with Gasteiger partial charge < -0.3 is 11.5 Å². The maximum absolute atomic E-state index is 5.54. The third-order valence-corrected chi connectivity index (χ3v) is 1.39. The van der Waals surface area contributed by atoms with Gasteiger partial charge in [0.05, 0.1) is 11.4 Å². The zero-order valence-corrected chi connectivity index (χ0v) is 6.41. The Morgan fingerprint density at radius 3 is 2.91 bits per heavy atom. The quantitative estimate of drug-likeness (QED) is 0.614. The standard InChI is InChI=1S/C8H11N3/c1-6-2-3-11-8(4-6)7(10)5-9/h2-5H,9-10H2,1H3/b7-5-. The van der Waals surface area contributed by atoms with E-state index in [1.54, 1.807) is 6.20 Å². The minimum atomic E-state index is 0.508. The molecule has 0 aliphatic heterocycles. The fourth-order valence-electron chi connectivity index (χ4n) is 0.779. The first-order valence-electron chi connectivity index (χ1n) is 3.34. The van der Waals surface area contributed by atoms with Gasteiger partial charge in [-0.1, -0.05) is 0 Å². The second kappa shape index (κ2) is 3.05. The Morgan fingerprint density at radius 1 is 1.64 bits per heavy atom. The summed E-state index contributed by atoms with van der Waals surface area (Å²) in [5, 5.41) is 0. The molecule has 0 fully saturated rings. The van der Waals surface area contributed by atoms with Crippen LogP contribution in [0, 0.1) is 6.92 Å². The van der Waals surface area contributed by atoms with Crippen molar-refractivity contribution in [3.8, 4) is 0 Å². The molecule has 0 saturated carbocycles. The van der Waals surface area contributed by atoms with E-state index in [4.69, 9.17) is 11.5 Å². The predicted molar refractivity (Wildman–Crippen MR) is 45.3 cm³/mol. The van der Waals surface area contributed by atoms with Gasteiger partial charge in [-0.2, -0.15) is 0 Å². The van der Waals surface area contributed by atoms with Crippen molar-refractivity contribution >= 4 is 5.70 Å². The van der Waals surface area contributed by atoms with E-state index < -0.39 is 0 Å². The van der Waals surface area contributed by atoms with E-state index in [0.717, 1.165) is 11.3 Å². The van der Waals surface area contributed by atoms with Gasteiger partial charge >= 0.3 is 0 Å². The zero-order chi connectivity index (χ0) is 8.27. The monoisotopic (exact) mass is 149 g/mol. The van der Waals surface area contributed by atoms with E-state index in [9.17, 15) is 0 Å². The van der Waals surface area contributed by atoms with Gasteiger partial charge in [-0.3, -0.25) is 4.98 Å². The van der Waals surface area contributed by atoms with Gasteiger partial charge in [0.25, 0.3) is 0 Å². The highest BCUT2D eigenvalue weighted by Gasteiger charge is 1.95. The number of aromatic nitrogens is 1. The van der Waals surface area contributed by atoms with Gasteiger partial charge in [0.15, 0.2) is 0 Å². The van der Waals surface area contributed by atoms with Crippen molar-refractivity contribution < 1.29 is 0 Å². The Kier molecular flexibility index (Phi) is 2.11. The Morgan fingerprint density at radius 2 is 2.36 bits per heavy atom. The summed E-state index contributed by atoms with van der Waals surface area (Å²) in [6.07, 6.45) is 3.06. The summed E-state index contributed by atoms with van der Waals surface area (Å²) in [6.45, 7) is 1.98. The smallest absolute Gasteiger partial charge is 0.0876 e. The lowest BCUT2D eigenvalue weighted by Gasteiger charge is -1.99. The maximum Gasteiger partial charge on any atom is 0.0876 e. The summed E-state index contributed by atoms with van der Waals surface area (Å²) in [7, 11) is 0. The number of nitrogens with zero attached hydrogens (tertiary/aromatic N) is 1. The van der Waals surface area contributed by atoms with Crippen molar-refractivity contribution in [2.75, 3.05) is 0 Å². The average Bonchev–Trinajstić information content (AvgIpc) is 2.03. The highest BCUT2D eigenvalue weighted by molar-refractivity contribution is 5.58. The van der Waals surface area contributed by atoms with E-state index in [2.05, 4.69) is 4.98 Å². The molecule has 1 heterocycles. The molecule has 1 aromatic heterocycles. The first kappa shape index (κ1) is 7.60.